The molecule has 0 aliphatic rings. The molecule has 0 fully saturated rings. The van der Waals surface area contributed by atoms with Gasteiger partial charge < -0.3 is 5.32 Å². The molecule has 4 heteroatoms. The van der Waals surface area contributed by atoms with Gasteiger partial charge in [0.25, 0.3) is 0 Å². The van der Waals surface area contributed by atoms with Crippen LogP contribution in [0.1, 0.15) is 20.3 Å². The van der Waals surface area contributed by atoms with Crippen LogP contribution in [0.2, 0.25) is 0 Å². The lowest BCUT2D eigenvalue weighted by Crippen LogP contribution is -2.26. The van der Waals surface area contributed by atoms with E-state index in [9.17, 15) is 0 Å². The topological polar surface area (TPSA) is 37.8 Å². The fourth-order valence-corrected chi connectivity index (χ4v) is 1.12. The highest BCUT2D eigenvalue weighted by molar-refractivity contribution is 6.21. The third kappa shape index (κ3) is 3.19. The molecule has 0 amide bonds. The number of hydrogen-bond acceptors (Lipinski definition) is 3. The SMILES string of the molecule is CCC(Cl)C(C)Nc1ccncn1. The van der Waals surface area contributed by atoms with Gasteiger partial charge in [-0.05, 0) is 19.4 Å². The van der Waals surface area contributed by atoms with Crippen molar-refractivity contribution >= 4 is 17.4 Å². The lowest BCUT2D eigenvalue weighted by atomic mass is 10.2. The minimum atomic E-state index is 0.134. The molecule has 0 radical (unpaired) electrons. The van der Waals surface area contributed by atoms with Crippen LogP contribution in [0.15, 0.2) is 18.6 Å². The maximum absolute atomic E-state index is 6.06. The van der Waals surface area contributed by atoms with Crippen molar-refractivity contribution in [3.8, 4) is 0 Å². The minimum absolute atomic E-state index is 0.134. The maximum atomic E-state index is 6.06. The van der Waals surface area contributed by atoms with Crippen LogP contribution >= 0.6 is 11.6 Å². The molecule has 0 aliphatic heterocycles. The summed E-state index contributed by atoms with van der Waals surface area (Å²) in [5, 5.41) is 3.34. The summed E-state index contributed by atoms with van der Waals surface area (Å²) in [4.78, 5) is 7.89. The molecular weight excluding hydrogens is 186 g/mol. The van der Waals surface area contributed by atoms with Crippen LogP contribution in [0.4, 0.5) is 5.82 Å². The second-order valence-corrected chi connectivity index (χ2v) is 3.51. The predicted molar refractivity (Wildman–Crippen MR) is 55.0 cm³/mol. The van der Waals surface area contributed by atoms with Crippen molar-refractivity contribution in [1.29, 1.82) is 0 Å². The van der Waals surface area contributed by atoms with Gasteiger partial charge in [0.1, 0.15) is 12.1 Å². The number of rotatable bonds is 4. The van der Waals surface area contributed by atoms with Crippen molar-refractivity contribution in [2.75, 3.05) is 5.32 Å². The molecule has 0 saturated heterocycles. The Bertz CT molecular complexity index is 240. The van der Waals surface area contributed by atoms with Crippen LogP contribution in [0.5, 0.6) is 0 Å². The molecule has 2 unspecified atom stereocenters. The van der Waals surface area contributed by atoms with Gasteiger partial charge in [0.2, 0.25) is 0 Å². The predicted octanol–water partition coefficient (Wildman–Crippen LogP) is 2.29. The van der Waals surface area contributed by atoms with Crippen LogP contribution in [0, 0.1) is 0 Å². The molecule has 1 aromatic rings. The zero-order valence-electron chi connectivity index (χ0n) is 7.87. The van der Waals surface area contributed by atoms with E-state index in [0.29, 0.717) is 0 Å². The van der Waals surface area contributed by atoms with Crippen LogP contribution in [0.3, 0.4) is 0 Å². The minimum Gasteiger partial charge on any atom is -0.366 e. The molecule has 1 N–H and O–H groups in total. The Hall–Kier alpha value is -0.830. The van der Waals surface area contributed by atoms with Gasteiger partial charge in [0.15, 0.2) is 0 Å². The highest BCUT2D eigenvalue weighted by atomic mass is 35.5. The molecule has 72 valence electrons. The maximum Gasteiger partial charge on any atom is 0.129 e. The first-order chi connectivity index (χ1) is 6.24. The molecule has 0 saturated carbocycles. The molecular formula is C9H14ClN3. The van der Waals surface area contributed by atoms with Crippen LogP contribution in [-0.4, -0.2) is 21.4 Å². The molecule has 3 nitrogen and oxygen atoms in total. The van der Waals surface area contributed by atoms with E-state index in [0.717, 1.165) is 12.2 Å². The van der Waals surface area contributed by atoms with Gasteiger partial charge in [-0.1, -0.05) is 6.92 Å². The van der Waals surface area contributed by atoms with E-state index in [-0.39, 0.29) is 11.4 Å². The molecule has 0 spiro atoms. The fourth-order valence-electron chi connectivity index (χ4n) is 1.05. The number of nitrogens with one attached hydrogen (secondary N) is 1. The van der Waals surface area contributed by atoms with Crippen molar-refractivity contribution in [2.45, 2.75) is 31.7 Å². The monoisotopic (exact) mass is 199 g/mol. The Morgan fingerprint density at radius 2 is 2.38 bits per heavy atom. The number of hydrogen-bond donors (Lipinski definition) is 1. The van der Waals surface area contributed by atoms with E-state index < -0.39 is 0 Å². The summed E-state index contributed by atoms with van der Waals surface area (Å²) in [7, 11) is 0. The lowest BCUT2D eigenvalue weighted by molar-refractivity contribution is 0.696. The summed E-state index contributed by atoms with van der Waals surface area (Å²) in [5.41, 5.74) is 0. The summed E-state index contributed by atoms with van der Waals surface area (Å²) in [6, 6.07) is 2.05. The normalized spacial score (nSPS) is 15.0. The standard InChI is InChI=1S/C9H14ClN3/c1-3-8(10)7(2)13-9-4-5-11-6-12-9/h4-8H,3H2,1-2H3,(H,11,12,13). The van der Waals surface area contributed by atoms with Crippen molar-refractivity contribution < 1.29 is 0 Å². The summed E-state index contributed by atoms with van der Waals surface area (Å²) in [6.07, 6.45) is 4.17. The summed E-state index contributed by atoms with van der Waals surface area (Å²) in [6.45, 7) is 4.11. The smallest absolute Gasteiger partial charge is 0.129 e. The zero-order chi connectivity index (χ0) is 9.68. The van der Waals surface area contributed by atoms with Crippen molar-refractivity contribution in [1.82, 2.24) is 9.97 Å². The molecule has 0 aliphatic carbocycles. The van der Waals surface area contributed by atoms with Gasteiger partial charge in [0, 0.05) is 12.2 Å². The second kappa shape index (κ2) is 5.02. The zero-order valence-corrected chi connectivity index (χ0v) is 8.62. The van der Waals surface area contributed by atoms with E-state index in [1.54, 1.807) is 6.20 Å². The van der Waals surface area contributed by atoms with Gasteiger partial charge in [-0.25, -0.2) is 9.97 Å². The molecule has 1 heterocycles. The number of anilines is 1. The number of nitrogens with zero attached hydrogens (tertiary/aromatic N) is 2. The van der Waals surface area contributed by atoms with E-state index in [1.165, 1.54) is 6.33 Å². The summed E-state index contributed by atoms with van der Waals surface area (Å²) < 4.78 is 0. The van der Waals surface area contributed by atoms with Crippen LogP contribution in [0.25, 0.3) is 0 Å². The molecule has 0 aromatic carbocycles. The van der Waals surface area contributed by atoms with Crippen molar-refractivity contribution in [2.24, 2.45) is 0 Å². The molecule has 1 aromatic heterocycles. The van der Waals surface area contributed by atoms with E-state index in [4.69, 9.17) is 11.6 Å². The Labute approximate surface area is 83.5 Å². The molecule has 1 rings (SSSR count). The average molecular weight is 200 g/mol. The first-order valence-corrected chi connectivity index (χ1v) is 4.84. The van der Waals surface area contributed by atoms with E-state index in [2.05, 4.69) is 22.2 Å². The molecule has 0 bridgehead atoms. The van der Waals surface area contributed by atoms with Crippen LogP contribution < -0.4 is 5.32 Å². The molecule has 13 heavy (non-hydrogen) atoms. The summed E-state index contributed by atoms with van der Waals surface area (Å²) >= 11 is 6.06. The largest absolute Gasteiger partial charge is 0.366 e. The lowest BCUT2D eigenvalue weighted by Gasteiger charge is -2.18. The second-order valence-electron chi connectivity index (χ2n) is 2.95. The third-order valence-electron chi connectivity index (χ3n) is 1.89. The Morgan fingerprint density at radius 1 is 1.62 bits per heavy atom. The van der Waals surface area contributed by atoms with E-state index >= 15 is 0 Å². The van der Waals surface area contributed by atoms with Gasteiger partial charge in [-0.2, -0.15) is 0 Å². The first-order valence-electron chi connectivity index (χ1n) is 4.40. The Balaban J connectivity index is 2.50. The highest BCUT2D eigenvalue weighted by Gasteiger charge is 2.11. The number of halogens is 1. The van der Waals surface area contributed by atoms with Crippen molar-refractivity contribution in [3.63, 3.8) is 0 Å². The number of aromatic nitrogens is 2. The van der Waals surface area contributed by atoms with E-state index in [1.807, 2.05) is 13.0 Å². The van der Waals surface area contributed by atoms with Crippen LogP contribution in [-0.2, 0) is 0 Å². The Kier molecular flexibility index (Phi) is 3.96. The quantitative estimate of drug-likeness (QED) is 0.757. The molecule has 2 atom stereocenters. The Morgan fingerprint density at radius 3 is 2.92 bits per heavy atom. The fraction of sp³-hybridized carbons (Fsp3) is 0.556. The highest BCUT2D eigenvalue weighted by Crippen LogP contribution is 2.11. The summed E-state index contributed by atoms with van der Waals surface area (Å²) in [5.74, 6) is 0.821. The first kappa shape index (κ1) is 10.3. The van der Waals surface area contributed by atoms with Gasteiger partial charge in [0.05, 0.1) is 5.38 Å². The number of alkyl halides is 1. The van der Waals surface area contributed by atoms with Gasteiger partial charge in [-0.15, -0.1) is 11.6 Å². The van der Waals surface area contributed by atoms with Gasteiger partial charge >= 0.3 is 0 Å². The van der Waals surface area contributed by atoms with Crippen molar-refractivity contribution in [3.05, 3.63) is 18.6 Å². The van der Waals surface area contributed by atoms with Gasteiger partial charge in [-0.3, -0.25) is 0 Å². The third-order valence-corrected chi connectivity index (χ3v) is 2.58. The average Bonchev–Trinajstić information content (AvgIpc) is 2.18.